The first kappa shape index (κ1) is 21.2. The van der Waals surface area contributed by atoms with Crippen molar-refractivity contribution >= 4 is 17.5 Å². The van der Waals surface area contributed by atoms with Crippen molar-refractivity contribution in [3.63, 3.8) is 0 Å². The zero-order valence-electron chi connectivity index (χ0n) is 16.4. The van der Waals surface area contributed by atoms with Gasteiger partial charge >= 0.3 is 0 Å². The van der Waals surface area contributed by atoms with Crippen LogP contribution in [0.5, 0.6) is 11.5 Å². The molecule has 2 amide bonds. The van der Waals surface area contributed by atoms with Crippen LogP contribution in [0, 0.1) is 0 Å². The van der Waals surface area contributed by atoms with E-state index >= 15 is 0 Å². The van der Waals surface area contributed by atoms with Gasteiger partial charge in [-0.3, -0.25) is 9.59 Å². The van der Waals surface area contributed by atoms with Crippen LogP contribution < -0.4 is 20.1 Å². The normalized spacial score (nSPS) is 10.2. The second kappa shape index (κ2) is 10.9. The lowest BCUT2D eigenvalue weighted by Crippen LogP contribution is -2.27. The second-order valence-electron chi connectivity index (χ2n) is 5.84. The van der Waals surface area contributed by atoms with Crippen molar-refractivity contribution in [1.29, 1.82) is 0 Å². The first-order valence-corrected chi connectivity index (χ1v) is 9.09. The number of carbonyl (C=O) groups excluding carboxylic acids is 2. The fourth-order valence-electron chi connectivity index (χ4n) is 2.67. The first-order chi connectivity index (χ1) is 13.6. The number of para-hydroxylation sites is 1. The maximum atomic E-state index is 12.9. The van der Waals surface area contributed by atoms with Crippen LogP contribution in [0.3, 0.4) is 0 Å². The molecular formula is C21H26N2O5. The lowest BCUT2D eigenvalue weighted by Gasteiger charge is -2.15. The molecule has 0 bridgehead atoms. The van der Waals surface area contributed by atoms with Gasteiger partial charge in [0.15, 0.2) is 0 Å². The molecule has 28 heavy (non-hydrogen) atoms. The van der Waals surface area contributed by atoms with Crippen LogP contribution in [0.25, 0.3) is 0 Å². The molecule has 0 spiro atoms. The maximum Gasteiger partial charge on any atom is 0.263 e. The summed E-state index contributed by atoms with van der Waals surface area (Å²) in [4.78, 5) is 25.4. The number of ether oxygens (including phenoxy) is 3. The lowest BCUT2D eigenvalue weighted by molar-refractivity contribution is 0.0945. The predicted octanol–water partition coefficient (Wildman–Crippen LogP) is 3.11. The number of hydrogen-bond donors (Lipinski definition) is 2. The van der Waals surface area contributed by atoms with Gasteiger partial charge in [0.25, 0.3) is 11.8 Å². The zero-order valence-corrected chi connectivity index (χ0v) is 16.4. The minimum atomic E-state index is -0.425. The average molecular weight is 386 g/mol. The minimum Gasteiger partial charge on any atom is -0.496 e. The highest BCUT2D eigenvalue weighted by Crippen LogP contribution is 2.29. The molecule has 0 atom stereocenters. The molecule has 0 unspecified atom stereocenters. The predicted molar refractivity (Wildman–Crippen MR) is 107 cm³/mol. The van der Waals surface area contributed by atoms with E-state index in [9.17, 15) is 9.59 Å². The van der Waals surface area contributed by atoms with Gasteiger partial charge in [-0.2, -0.15) is 0 Å². The standard InChI is InChI=1S/C21H26N2O5/c1-4-28-14-8-13-22-20(24)15-9-5-6-10-16(15)23-21(25)19-17(26-2)11-7-12-18(19)27-3/h5-7,9-12H,4,8,13-14H2,1-3H3,(H,22,24)(H,23,25). The van der Waals surface area contributed by atoms with Gasteiger partial charge in [0.1, 0.15) is 17.1 Å². The summed E-state index contributed by atoms with van der Waals surface area (Å²) in [6.45, 7) is 3.65. The summed E-state index contributed by atoms with van der Waals surface area (Å²) in [5.41, 5.74) is 1.04. The summed E-state index contributed by atoms with van der Waals surface area (Å²) in [6.07, 6.45) is 0.715. The summed E-state index contributed by atoms with van der Waals surface area (Å²) in [7, 11) is 2.96. The molecule has 0 aliphatic rings. The number of rotatable bonds is 10. The van der Waals surface area contributed by atoms with Crippen molar-refractivity contribution in [3.8, 4) is 11.5 Å². The van der Waals surface area contributed by atoms with Crippen LogP contribution in [0.1, 0.15) is 34.1 Å². The zero-order chi connectivity index (χ0) is 20.4. The fourth-order valence-corrected chi connectivity index (χ4v) is 2.67. The van der Waals surface area contributed by atoms with Crippen LogP contribution >= 0.6 is 0 Å². The third kappa shape index (κ3) is 5.47. The Hall–Kier alpha value is -3.06. The summed E-state index contributed by atoms with van der Waals surface area (Å²) in [6, 6.07) is 11.9. The molecule has 0 fully saturated rings. The monoisotopic (exact) mass is 386 g/mol. The van der Waals surface area contributed by atoms with Crippen molar-refractivity contribution in [1.82, 2.24) is 5.32 Å². The Morgan fingerprint density at radius 1 is 0.929 bits per heavy atom. The molecule has 0 saturated heterocycles. The number of anilines is 1. The Labute approximate surface area is 165 Å². The van der Waals surface area contributed by atoms with Crippen molar-refractivity contribution in [2.75, 3.05) is 39.3 Å². The first-order valence-electron chi connectivity index (χ1n) is 9.09. The highest BCUT2D eigenvalue weighted by Gasteiger charge is 2.20. The molecule has 2 rings (SSSR count). The molecule has 0 saturated carbocycles. The molecule has 150 valence electrons. The molecule has 0 aliphatic carbocycles. The van der Waals surface area contributed by atoms with Crippen LogP contribution in [0.15, 0.2) is 42.5 Å². The van der Waals surface area contributed by atoms with E-state index in [1.807, 2.05) is 6.92 Å². The topological polar surface area (TPSA) is 85.9 Å². The van der Waals surface area contributed by atoms with E-state index in [1.165, 1.54) is 14.2 Å². The quantitative estimate of drug-likeness (QED) is 0.613. The average Bonchev–Trinajstić information content (AvgIpc) is 2.73. The summed E-state index contributed by atoms with van der Waals surface area (Å²) >= 11 is 0. The molecular weight excluding hydrogens is 360 g/mol. The number of hydrogen-bond acceptors (Lipinski definition) is 5. The van der Waals surface area contributed by atoms with Crippen LogP contribution in [0.2, 0.25) is 0 Å². The van der Waals surface area contributed by atoms with Gasteiger partial charge in [-0.25, -0.2) is 0 Å². The van der Waals surface area contributed by atoms with E-state index in [-0.39, 0.29) is 11.5 Å². The molecule has 0 aromatic heterocycles. The molecule has 2 aromatic carbocycles. The number of carbonyl (C=O) groups is 2. The van der Waals surface area contributed by atoms with E-state index < -0.39 is 5.91 Å². The van der Waals surface area contributed by atoms with E-state index in [4.69, 9.17) is 14.2 Å². The Morgan fingerprint density at radius 3 is 2.25 bits per heavy atom. The SMILES string of the molecule is CCOCCCNC(=O)c1ccccc1NC(=O)c1c(OC)cccc1OC. The largest absolute Gasteiger partial charge is 0.496 e. The third-order valence-corrected chi connectivity index (χ3v) is 4.03. The van der Waals surface area contributed by atoms with Crippen molar-refractivity contribution < 1.29 is 23.8 Å². The van der Waals surface area contributed by atoms with Gasteiger partial charge in [-0.1, -0.05) is 18.2 Å². The molecule has 0 radical (unpaired) electrons. The smallest absolute Gasteiger partial charge is 0.263 e. The van der Waals surface area contributed by atoms with Gasteiger partial charge in [0, 0.05) is 19.8 Å². The van der Waals surface area contributed by atoms with Crippen LogP contribution in [-0.2, 0) is 4.74 Å². The highest BCUT2D eigenvalue weighted by molar-refractivity contribution is 6.11. The second-order valence-corrected chi connectivity index (χ2v) is 5.84. The Kier molecular flexibility index (Phi) is 8.30. The third-order valence-electron chi connectivity index (χ3n) is 4.03. The van der Waals surface area contributed by atoms with Gasteiger partial charge in [-0.05, 0) is 37.6 Å². The van der Waals surface area contributed by atoms with Gasteiger partial charge in [0.2, 0.25) is 0 Å². The number of nitrogens with one attached hydrogen (secondary N) is 2. The van der Waals surface area contributed by atoms with Crippen LogP contribution in [-0.4, -0.2) is 45.8 Å². The maximum absolute atomic E-state index is 12.9. The molecule has 0 heterocycles. The van der Waals surface area contributed by atoms with Crippen molar-refractivity contribution in [2.24, 2.45) is 0 Å². The minimum absolute atomic E-state index is 0.263. The molecule has 2 N–H and O–H groups in total. The number of methoxy groups -OCH3 is 2. The van der Waals surface area contributed by atoms with E-state index in [2.05, 4.69) is 10.6 Å². The number of benzene rings is 2. The summed E-state index contributed by atoms with van der Waals surface area (Å²) < 4.78 is 15.8. The Morgan fingerprint density at radius 2 is 1.61 bits per heavy atom. The number of amides is 2. The van der Waals surface area contributed by atoms with E-state index in [1.54, 1.807) is 42.5 Å². The summed E-state index contributed by atoms with van der Waals surface area (Å²) in [5.74, 6) is 0.0784. The Balaban J connectivity index is 2.15. The molecule has 0 aliphatic heterocycles. The van der Waals surface area contributed by atoms with Gasteiger partial charge < -0.3 is 24.8 Å². The molecule has 7 nitrogen and oxygen atoms in total. The molecule has 7 heteroatoms. The Bertz CT molecular complexity index is 785. The summed E-state index contributed by atoms with van der Waals surface area (Å²) in [5, 5.41) is 5.62. The van der Waals surface area contributed by atoms with Gasteiger partial charge in [0.05, 0.1) is 25.5 Å². The molecule has 2 aromatic rings. The van der Waals surface area contributed by atoms with Crippen molar-refractivity contribution in [2.45, 2.75) is 13.3 Å². The highest BCUT2D eigenvalue weighted by atomic mass is 16.5. The lowest BCUT2D eigenvalue weighted by atomic mass is 10.1. The fraction of sp³-hybridized carbons (Fsp3) is 0.333. The van der Waals surface area contributed by atoms with Gasteiger partial charge in [-0.15, -0.1) is 0 Å². The van der Waals surface area contributed by atoms with Crippen molar-refractivity contribution in [3.05, 3.63) is 53.6 Å². The van der Waals surface area contributed by atoms with E-state index in [0.717, 1.165) is 0 Å². The van der Waals surface area contributed by atoms with Crippen LogP contribution in [0.4, 0.5) is 5.69 Å². The van der Waals surface area contributed by atoms with E-state index in [0.29, 0.717) is 48.9 Å².